The van der Waals surface area contributed by atoms with E-state index in [0.717, 1.165) is 38.2 Å². The standard InChI is InChI=1S/C17H21N5O/c1-20-10-17(11-20)7-8-21(12-17)15(23)9-22-13-18-16(19-22)14-5-3-2-4-6-14/h2-6,13H,7-12H2,1H3. The molecule has 2 aliphatic heterocycles. The molecule has 2 fully saturated rings. The molecular formula is C17H21N5O. The molecule has 1 spiro atoms. The first-order chi connectivity index (χ1) is 11.1. The average Bonchev–Trinajstić information content (AvgIpc) is 3.15. The number of aromatic nitrogens is 3. The van der Waals surface area contributed by atoms with Gasteiger partial charge in [-0.15, -0.1) is 0 Å². The van der Waals surface area contributed by atoms with E-state index in [0.29, 0.717) is 11.2 Å². The van der Waals surface area contributed by atoms with Gasteiger partial charge >= 0.3 is 0 Å². The van der Waals surface area contributed by atoms with Crippen LogP contribution in [-0.4, -0.2) is 63.7 Å². The summed E-state index contributed by atoms with van der Waals surface area (Å²) in [6.07, 6.45) is 2.76. The van der Waals surface area contributed by atoms with Crippen molar-refractivity contribution in [1.29, 1.82) is 0 Å². The summed E-state index contributed by atoms with van der Waals surface area (Å²) in [6, 6.07) is 9.82. The van der Waals surface area contributed by atoms with Crippen molar-refractivity contribution in [3.63, 3.8) is 0 Å². The molecule has 0 saturated carbocycles. The van der Waals surface area contributed by atoms with Crippen molar-refractivity contribution in [3.05, 3.63) is 36.7 Å². The Kier molecular flexibility index (Phi) is 3.41. The molecule has 6 heteroatoms. The Morgan fingerprint density at radius 3 is 2.74 bits per heavy atom. The highest BCUT2D eigenvalue weighted by atomic mass is 16.2. The van der Waals surface area contributed by atoms with Crippen LogP contribution in [0, 0.1) is 5.41 Å². The van der Waals surface area contributed by atoms with Crippen LogP contribution in [0.3, 0.4) is 0 Å². The Bertz CT molecular complexity index is 705. The molecule has 1 amide bonds. The normalized spacial score (nSPS) is 20.0. The van der Waals surface area contributed by atoms with Gasteiger partial charge in [0, 0.05) is 37.2 Å². The zero-order valence-electron chi connectivity index (χ0n) is 13.4. The number of nitrogens with zero attached hydrogens (tertiary/aromatic N) is 5. The van der Waals surface area contributed by atoms with Gasteiger partial charge in [0.05, 0.1) is 0 Å². The molecule has 2 aromatic rings. The van der Waals surface area contributed by atoms with E-state index in [1.807, 2.05) is 35.2 Å². The Morgan fingerprint density at radius 1 is 1.22 bits per heavy atom. The van der Waals surface area contributed by atoms with Gasteiger partial charge in [0.2, 0.25) is 5.91 Å². The Hall–Kier alpha value is -2.21. The molecule has 2 aliphatic rings. The highest BCUT2D eigenvalue weighted by molar-refractivity contribution is 5.76. The molecule has 0 bridgehead atoms. The van der Waals surface area contributed by atoms with Crippen LogP contribution in [0.25, 0.3) is 11.4 Å². The number of amides is 1. The number of rotatable bonds is 3. The number of carbonyl (C=O) groups is 1. The third-order valence-corrected chi connectivity index (χ3v) is 4.87. The van der Waals surface area contributed by atoms with Gasteiger partial charge in [0.25, 0.3) is 0 Å². The van der Waals surface area contributed by atoms with Crippen molar-refractivity contribution in [2.75, 3.05) is 33.2 Å². The van der Waals surface area contributed by atoms with Gasteiger partial charge in [-0.25, -0.2) is 9.67 Å². The maximum Gasteiger partial charge on any atom is 0.244 e. The van der Waals surface area contributed by atoms with Gasteiger partial charge in [-0.2, -0.15) is 5.10 Å². The topological polar surface area (TPSA) is 54.3 Å². The largest absolute Gasteiger partial charge is 0.340 e. The second kappa shape index (κ2) is 5.45. The molecule has 1 aromatic heterocycles. The summed E-state index contributed by atoms with van der Waals surface area (Å²) in [5.74, 6) is 0.804. The quantitative estimate of drug-likeness (QED) is 0.852. The first-order valence-electron chi connectivity index (χ1n) is 8.05. The van der Waals surface area contributed by atoms with E-state index in [-0.39, 0.29) is 12.5 Å². The van der Waals surface area contributed by atoms with Crippen LogP contribution in [-0.2, 0) is 11.3 Å². The molecule has 3 heterocycles. The summed E-state index contributed by atoms with van der Waals surface area (Å²) >= 11 is 0. The number of hydrogen-bond acceptors (Lipinski definition) is 4. The molecule has 0 unspecified atom stereocenters. The monoisotopic (exact) mass is 311 g/mol. The van der Waals surface area contributed by atoms with Crippen molar-refractivity contribution in [1.82, 2.24) is 24.6 Å². The van der Waals surface area contributed by atoms with Gasteiger partial charge in [-0.05, 0) is 13.5 Å². The molecule has 0 N–H and O–H groups in total. The van der Waals surface area contributed by atoms with Crippen LogP contribution in [0.15, 0.2) is 36.7 Å². The summed E-state index contributed by atoms with van der Waals surface area (Å²) in [7, 11) is 2.14. The van der Waals surface area contributed by atoms with Crippen LogP contribution >= 0.6 is 0 Å². The van der Waals surface area contributed by atoms with Crippen LogP contribution in [0.1, 0.15) is 6.42 Å². The molecular weight excluding hydrogens is 290 g/mol. The van der Waals surface area contributed by atoms with Gasteiger partial charge < -0.3 is 9.80 Å². The Labute approximate surface area is 135 Å². The zero-order valence-corrected chi connectivity index (χ0v) is 13.4. The minimum Gasteiger partial charge on any atom is -0.340 e. The van der Waals surface area contributed by atoms with E-state index >= 15 is 0 Å². The minimum absolute atomic E-state index is 0.140. The van der Waals surface area contributed by atoms with Crippen LogP contribution in [0.4, 0.5) is 0 Å². The SMILES string of the molecule is CN1CC2(CCN(C(=O)Cn3cnc(-c4ccccc4)n3)C2)C1. The third kappa shape index (κ3) is 2.74. The summed E-state index contributed by atoms with van der Waals surface area (Å²) in [6.45, 7) is 4.24. The fourth-order valence-corrected chi connectivity index (χ4v) is 3.83. The summed E-state index contributed by atoms with van der Waals surface area (Å²) in [5.41, 5.74) is 1.32. The predicted molar refractivity (Wildman–Crippen MR) is 86.6 cm³/mol. The van der Waals surface area contributed by atoms with E-state index in [1.54, 1.807) is 11.0 Å². The Balaban J connectivity index is 1.39. The molecule has 6 nitrogen and oxygen atoms in total. The summed E-state index contributed by atoms with van der Waals surface area (Å²) < 4.78 is 1.64. The molecule has 120 valence electrons. The van der Waals surface area contributed by atoms with Crippen molar-refractivity contribution in [2.45, 2.75) is 13.0 Å². The Morgan fingerprint density at radius 2 is 2.00 bits per heavy atom. The predicted octanol–water partition coefficient (Wildman–Crippen LogP) is 1.11. The molecule has 4 rings (SSSR count). The van der Waals surface area contributed by atoms with Gasteiger partial charge in [0.15, 0.2) is 5.82 Å². The fourth-order valence-electron chi connectivity index (χ4n) is 3.83. The van der Waals surface area contributed by atoms with E-state index in [9.17, 15) is 4.79 Å². The van der Waals surface area contributed by atoms with Crippen LogP contribution in [0.5, 0.6) is 0 Å². The highest BCUT2D eigenvalue weighted by Gasteiger charge is 2.47. The number of hydrogen-bond donors (Lipinski definition) is 0. The van der Waals surface area contributed by atoms with E-state index in [1.165, 1.54) is 0 Å². The number of benzene rings is 1. The summed E-state index contributed by atoms with van der Waals surface area (Å²) in [5, 5.41) is 4.42. The lowest BCUT2D eigenvalue weighted by atomic mass is 9.79. The van der Waals surface area contributed by atoms with E-state index in [2.05, 4.69) is 22.0 Å². The molecule has 0 atom stereocenters. The molecule has 23 heavy (non-hydrogen) atoms. The first kappa shape index (κ1) is 14.4. The molecule has 2 saturated heterocycles. The van der Waals surface area contributed by atoms with E-state index in [4.69, 9.17) is 0 Å². The lowest BCUT2D eigenvalue weighted by Crippen LogP contribution is -2.55. The van der Waals surface area contributed by atoms with Gasteiger partial charge in [-0.1, -0.05) is 30.3 Å². The lowest BCUT2D eigenvalue weighted by molar-refractivity contribution is -0.132. The van der Waals surface area contributed by atoms with E-state index < -0.39 is 0 Å². The van der Waals surface area contributed by atoms with Crippen molar-refractivity contribution in [3.8, 4) is 11.4 Å². The zero-order chi connectivity index (χ0) is 15.9. The lowest BCUT2D eigenvalue weighted by Gasteiger charge is -2.46. The first-order valence-corrected chi connectivity index (χ1v) is 8.05. The molecule has 0 radical (unpaired) electrons. The molecule has 0 aliphatic carbocycles. The third-order valence-electron chi connectivity index (χ3n) is 4.87. The average molecular weight is 311 g/mol. The second-order valence-electron chi connectivity index (χ2n) is 6.87. The van der Waals surface area contributed by atoms with Gasteiger partial charge in [-0.3, -0.25) is 4.79 Å². The maximum atomic E-state index is 12.5. The maximum absolute atomic E-state index is 12.5. The summed E-state index contributed by atoms with van der Waals surface area (Å²) in [4.78, 5) is 21.1. The number of carbonyl (C=O) groups excluding carboxylic acids is 1. The fraction of sp³-hybridized carbons (Fsp3) is 0.471. The van der Waals surface area contributed by atoms with Gasteiger partial charge in [0.1, 0.15) is 12.9 Å². The second-order valence-corrected chi connectivity index (χ2v) is 6.87. The minimum atomic E-state index is 0.140. The smallest absolute Gasteiger partial charge is 0.244 e. The van der Waals surface area contributed by atoms with Crippen molar-refractivity contribution < 1.29 is 4.79 Å². The van der Waals surface area contributed by atoms with Crippen molar-refractivity contribution >= 4 is 5.91 Å². The molecule has 1 aromatic carbocycles. The highest BCUT2D eigenvalue weighted by Crippen LogP contribution is 2.38. The number of likely N-dealkylation sites (tertiary alicyclic amines) is 2. The van der Waals surface area contributed by atoms with Crippen molar-refractivity contribution in [2.24, 2.45) is 5.41 Å². The van der Waals surface area contributed by atoms with Crippen LogP contribution < -0.4 is 0 Å². The van der Waals surface area contributed by atoms with Crippen LogP contribution in [0.2, 0.25) is 0 Å².